The highest BCUT2D eigenvalue weighted by molar-refractivity contribution is 5.84. The van der Waals surface area contributed by atoms with Gasteiger partial charge in [0.1, 0.15) is 6.04 Å². The minimum absolute atomic E-state index is 0.0610. The van der Waals surface area contributed by atoms with Gasteiger partial charge in [-0.05, 0) is 12.3 Å². The van der Waals surface area contributed by atoms with Gasteiger partial charge in [0.15, 0.2) is 0 Å². The quantitative estimate of drug-likeness (QED) is 0.525. The van der Waals surface area contributed by atoms with Crippen LogP contribution in [0.3, 0.4) is 0 Å². The summed E-state index contributed by atoms with van der Waals surface area (Å²) >= 11 is 0. The van der Waals surface area contributed by atoms with Crippen LogP contribution in [-0.4, -0.2) is 25.0 Å². The lowest BCUT2D eigenvalue weighted by Crippen LogP contribution is -2.45. The second kappa shape index (κ2) is 9.02. The van der Waals surface area contributed by atoms with E-state index in [0.29, 0.717) is 6.42 Å². The molecule has 17 heavy (non-hydrogen) atoms. The number of esters is 1. The first kappa shape index (κ1) is 15.9. The maximum absolute atomic E-state index is 11.7. The van der Waals surface area contributed by atoms with E-state index in [1.165, 1.54) is 7.11 Å². The van der Waals surface area contributed by atoms with Crippen LogP contribution in [0.1, 0.15) is 52.9 Å². The lowest BCUT2D eigenvalue weighted by Gasteiger charge is -2.21. The lowest BCUT2D eigenvalue weighted by molar-refractivity contribution is -0.146. The maximum atomic E-state index is 11.7. The molecule has 4 nitrogen and oxygen atoms in total. The smallest absolute Gasteiger partial charge is 0.328 e. The topological polar surface area (TPSA) is 55.4 Å². The molecule has 0 aromatic heterocycles. The van der Waals surface area contributed by atoms with E-state index in [1.54, 1.807) is 0 Å². The van der Waals surface area contributed by atoms with E-state index in [4.69, 9.17) is 4.74 Å². The summed E-state index contributed by atoms with van der Waals surface area (Å²) in [4.78, 5) is 23.2. The molecule has 0 saturated carbocycles. The van der Waals surface area contributed by atoms with Crippen LogP contribution in [0.5, 0.6) is 0 Å². The molecule has 0 unspecified atom stereocenters. The Labute approximate surface area is 104 Å². The molecule has 0 radical (unpaired) electrons. The standard InChI is InChI=1S/C13H25NO3/c1-5-7-8-9-11(15)14-12(10(3)6-2)13(16)17-4/h10,12H,5-9H2,1-4H3,(H,14,15)/t10-,12-/m0/s1. The molecule has 0 bridgehead atoms. The molecule has 0 aliphatic heterocycles. The van der Waals surface area contributed by atoms with Gasteiger partial charge < -0.3 is 10.1 Å². The third-order valence-corrected chi connectivity index (χ3v) is 2.99. The molecule has 0 aliphatic rings. The first-order chi connectivity index (χ1) is 8.06. The lowest BCUT2D eigenvalue weighted by atomic mass is 9.99. The molecule has 4 heteroatoms. The number of hydrogen-bond acceptors (Lipinski definition) is 3. The molecule has 0 fully saturated rings. The van der Waals surface area contributed by atoms with E-state index in [1.807, 2.05) is 13.8 Å². The van der Waals surface area contributed by atoms with Gasteiger partial charge in [-0.25, -0.2) is 4.79 Å². The highest BCUT2D eigenvalue weighted by atomic mass is 16.5. The summed E-state index contributed by atoms with van der Waals surface area (Å²) in [5.74, 6) is -0.324. The monoisotopic (exact) mass is 243 g/mol. The van der Waals surface area contributed by atoms with Gasteiger partial charge in [-0.1, -0.05) is 40.0 Å². The molecule has 1 amide bonds. The Kier molecular flexibility index (Phi) is 8.46. The van der Waals surface area contributed by atoms with Crippen molar-refractivity contribution < 1.29 is 14.3 Å². The fourth-order valence-corrected chi connectivity index (χ4v) is 1.58. The Hall–Kier alpha value is -1.06. The maximum Gasteiger partial charge on any atom is 0.328 e. The van der Waals surface area contributed by atoms with Crippen LogP contribution in [-0.2, 0) is 14.3 Å². The summed E-state index contributed by atoms with van der Waals surface area (Å²) < 4.78 is 4.71. The molecular formula is C13H25NO3. The van der Waals surface area contributed by atoms with Crippen molar-refractivity contribution in [3.8, 4) is 0 Å². The van der Waals surface area contributed by atoms with Crippen LogP contribution >= 0.6 is 0 Å². The van der Waals surface area contributed by atoms with Crippen LogP contribution < -0.4 is 5.32 Å². The zero-order valence-electron chi connectivity index (χ0n) is 11.4. The summed E-state index contributed by atoms with van der Waals surface area (Å²) in [5.41, 5.74) is 0. The molecule has 0 heterocycles. The fraction of sp³-hybridized carbons (Fsp3) is 0.846. The molecular weight excluding hydrogens is 218 g/mol. The van der Waals surface area contributed by atoms with Crippen molar-refractivity contribution in [2.75, 3.05) is 7.11 Å². The number of carbonyl (C=O) groups is 2. The summed E-state index contributed by atoms with van der Waals surface area (Å²) in [5, 5.41) is 2.76. The molecule has 0 aromatic rings. The average Bonchev–Trinajstić information content (AvgIpc) is 2.34. The summed E-state index contributed by atoms with van der Waals surface area (Å²) in [7, 11) is 1.35. The molecule has 1 N–H and O–H groups in total. The van der Waals surface area contributed by atoms with Crippen LogP contribution in [0.25, 0.3) is 0 Å². The van der Waals surface area contributed by atoms with Crippen molar-refractivity contribution in [3.05, 3.63) is 0 Å². The second-order valence-corrected chi connectivity index (χ2v) is 4.41. The van der Waals surface area contributed by atoms with Crippen molar-refractivity contribution in [1.82, 2.24) is 5.32 Å². The minimum Gasteiger partial charge on any atom is -0.467 e. The van der Waals surface area contributed by atoms with Crippen LogP contribution in [0.4, 0.5) is 0 Å². The van der Waals surface area contributed by atoms with E-state index < -0.39 is 6.04 Å². The van der Waals surface area contributed by atoms with Crippen LogP contribution in [0, 0.1) is 5.92 Å². The highest BCUT2D eigenvalue weighted by Gasteiger charge is 2.26. The number of ether oxygens (including phenoxy) is 1. The van der Waals surface area contributed by atoms with Crippen molar-refractivity contribution >= 4 is 11.9 Å². The van der Waals surface area contributed by atoms with E-state index in [9.17, 15) is 9.59 Å². The van der Waals surface area contributed by atoms with E-state index in [0.717, 1.165) is 25.7 Å². The van der Waals surface area contributed by atoms with E-state index in [2.05, 4.69) is 12.2 Å². The number of amides is 1. The van der Waals surface area contributed by atoms with Crippen molar-refractivity contribution in [2.24, 2.45) is 5.92 Å². The molecule has 2 atom stereocenters. The third kappa shape index (κ3) is 6.29. The zero-order chi connectivity index (χ0) is 13.3. The number of nitrogens with one attached hydrogen (secondary N) is 1. The van der Waals surface area contributed by atoms with Gasteiger partial charge in [0.25, 0.3) is 0 Å². The van der Waals surface area contributed by atoms with E-state index in [-0.39, 0.29) is 17.8 Å². The number of unbranched alkanes of at least 4 members (excludes halogenated alkanes) is 2. The second-order valence-electron chi connectivity index (χ2n) is 4.41. The largest absolute Gasteiger partial charge is 0.467 e. The van der Waals surface area contributed by atoms with E-state index >= 15 is 0 Å². The highest BCUT2D eigenvalue weighted by Crippen LogP contribution is 2.10. The molecule has 0 rings (SSSR count). The SMILES string of the molecule is CCCCCC(=O)N[C@H](C(=O)OC)[C@@H](C)CC. The van der Waals surface area contributed by atoms with Gasteiger partial charge in [0, 0.05) is 6.42 Å². The van der Waals surface area contributed by atoms with Gasteiger partial charge in [0.05, 0.1) is 7.11 Å². The molecule has 0 spiro atoms. The predicted molar refractivity (Wildman–Crippen MR) is 67.5 cm³/mol. The zero-order valence-corrected chi connectivity index (χ0v) is 11.4. The van der Waals surface area contributed by atoms with Crippen LogP contribution in [0.2, 0.25) is 0 Å². The van der Waals surface area contributed by atoms with Gasteiger partial charge in [-0.2, -0.15) is 0 Å². The Morgan fingerprint density at radius 1 is 1.24 bits per heavy atom. The van der Waals surface area contributed by atoms with Gasteiger partial charge in [-0.3, -0.25) is 4.79 Å². The molecule has 0 aromatic carbocycles. The predicted octanol–water partition coefficient (Wildman–Crippen LogP) is 2.27. The number of methoxy groups -OCH3 is 1. The number of rotatable bonds is 8. The minimum atomic E-state index is -0.515. The third-order valence-electron chi connectivity index (χ3n) is 2.99. The Bertz CT molecular complexity index is 241. The molecule has 0 saturated heterocycles. The van der Waals surface area contributed by atoms with Crippen molar-refractivity contribution in [3.63, 3.8) is 0 Å². The fourth-order valence-electron chi connectivity index (χ4n) is 1.58. The summed E-state index contributed by atoms with van der Waals surface area (Å²) in [6, 6.07) is -0.515. The van der Waals surface area contributed by atoms with Gasteiger partial charge in [0.2, 0.25) is 5.91 Å². The van der Waals surface area contributed by atoms with Gasteiger partial charge in [-0.15, -0.1) is 0 Å². The first-order valence-electron chi connectivity index (χ1n) is 6.43. The number of hydrogen-bond donors (Lipinski definition) is 1. The Morgan fingerprint density at radius 2 is 1.88 bits per heavy atom. The Morgan fingerprint density at radius 3 is 2.35 bits per heavy atom. The Balaban J connectivity index is 4.23. The summed E-state index contributed by atoms with van der Waals surface area (Å²) in [6.45, 7) is 6.02. The van der Waals surface area contributed by atoms with Gasteiger partial charge >= 0.3 is 5.97 Å². The normalized spacial score (nSPS) is 13.9. The number of carbonyl (C=O) groups excluding carboxylic acids is 2. The van der Waals surface area contributed by atoms with Crippen LogP contribution in [0.15, 0.2) is 0 Å². The molecule has 100 valence electrons. The average molecular weight is 243 g/mol. The van der Waals surface area contributed by atoms with Crippen molar-refractivity contribution in [1.29, 1.82) is 0 Å². The summed E-state index contributed by atoms with van der Waals surface area (Å²) in [6.07, 6.45) is 4.31. The molecule has 0 aliphatic carbocycles. The first-order valence-corrected chi connectivity index (χ1v) is 6.43. The van der Waals surface area contributed by atoms with Crippen molar-refractivity contribution in [2.45, 2.75) is 58.9 Å².